The van der Waals surface area contributed by atoms with E-state index in [-0.39, 0.29) is 12.6 Å². The van der Waals surface area contributed by atoms with Crippen LogP contribution >= 0.6 is 23.3 Å². The Bertz CT molecular complexity index is 504. The van der Waals surface area contributed by atoms with Crippen LogP contribution in [0, 0.1) is 0 Å². The molecule has 1 heterocycles. The number of hydrogen-bond donors (Lipinski definition) is 2. The van der Waals surface area contributed by atoms with Crippen molar-refractivity contribution in [2.75, 3.05) is 12.4 Å². The number of aliphatic hydroxyl groups excluding tert-OH is 1. The van der Waals surface area contributed by atoms with Gasteiger partial charge in [0.25, 0.3) is 0 Å². The van der Waals surface area contributed by atoms with Crippen LogP contribution in [0.15, 0.2) is 41.0 Å². The predicted molar refractivity (Wildman–Crippen MR) is 84.1 cm³/mol. The van der Waals surface area contributed by atoms with Crippen LogP contribution in [0.3, 0.4) is 0 Å². The molecule has 0 fully saturated rings. The molecule has 1 unspecified atom stereocenters. The molecule has 20 heavy (non-hydrogen) atoms. The number of nitrogens with zero attached hydrogens (tertiary/aromatic N) is 2. The second kappa shape index (κ2) is 7.17. The second-order valence-electron chi connectivity index (χ2n) is 4.90. The normalized spacial score (nSPS) is 14.4. The quantitative estimate of drug-likeness (QED) is 0.770. The van der Waals surface area contributed by atoms with Crippen molar-refractivity contribution in [1.29, 1.82) is 0 Å². The number of thioether (sulfide) groups is 1. The molecule has 0 saturated heterocycles. The summed E-state index contributed by atoms with van der Waals surface area (Å²) in [5.41, 5.74) is 0.624. The Morgan fingerprint density at radius 2 is 2.10 bits per heavy atom. The van der Waals surface area contributed by atoms with Crippen LogP contribution in [0.5, 0.6) is 0 Å². The lowest BCUT2D eigenvalue weighted by Gasteiger charge is -2.35. The second-order valence-corrected chi connectivity index (χ2v) is 6.90. The number of aliphatic hydroxyl groups is 1. The molecule has 1 aromatic heterocycles. The molecule has 2 rings (SSSR count). The van der Waals surface area contributed by atoms with Crippen LogP contribution in [-0.4, -0.2) is 32.9 Å². The Balaban J connectivity index is 2.22. The summed E-state index contributed by atoms with van der Waals surface area (Å²) >= 11 is 3.00. The average molecular weight is 309 g/mol. The zero-order valence-electron chi connectivity index (χ0n) is 11.6. The highest BCUT2D eigenvalue weighted by Gasteiger charge is 2.32. The molecule has 1 atom stereocenters. The maximum absolute atomic E-state index is 10.00. The summed E-state index contributed by atoms with van der Waals surface area (Å²) in [5.74, 6) is 0.709. The van der Waals surface area contributed by atoms with Gasteiger partial charge in [-0.2, -0.15) is 4.37 Å². The monoisotopic (exact) mass is 309 g/mol. The minimum Gasteiger partial charge on any atom is -0.394 e. The minimum atomic E-state index is -0.467. The van der Waals surface area contributed by atoms with Crippen LogP contribution < -0.4 is 5.32 Å². The molecule has 0 aliphatic heterocycles. The highest BCUT2D eigenvalue weighted by Crippen LogP contribution is 2.30. The van der Waals surface area contributed by atoms with E-state index < -0.39 is 5.54 Å². The van der Waals surface area contributed by atoms with Gasteiger partial charge in [-0.05, 0) is 30.9 Å². The van der Waals surface area contributed by atoms with E-state index in [9.17, 15) is 5.11 Å². The lowest BCUT2D eigenvalue weighted by molar-refractivity contribution is 0.170. The maximum atomic E-state index is 10.00. The van der Waals surface area contributed by atoms with E-state index in [1.54, 1.807) is 18.1 Å². The van der Waals surface area contributed by atoms with Crippen LogP contribution in [0.1, 0.15) is 19.4 Å². The van der Waals surface area contributed by atoms with E-state index in [0.717, 1.165) is 9.90 Å². The van der Waals surface area contributed by atoms with Crippen molar-refractivity contribution in [2.24, 2.45) is 0 Å². The smallest absolute Gasteiger partial charge is 0.169 e. The fourth-order valence-corrected chi connectivity index (χ4v) is 3.74. The Labute approximate surface area is 127 Å². The lowest BCUT2D eigenvalue weighted by atomic mass is 9.92. The molecule has 0 saturated carbocycles. The molecule has 0 aliphatic carbocycles. The van der Waals surface area contributed by atoms with Gasteiger partial charge in [0.2, 0.25) is 0 Å². The van der Waals surface area contributed by atoms with Crippen LogP contribution in [-0.2, 0) is 5.54 Å². The van der Waals surface area contributed by atoms with E-state index >= 15 is 0 Å². The van der Waals surface area contributed by atoms with E-state index in [1.807, 2.05) is 30.3 Å². The van der Waals surface area contributed by atoms with Gasteiger partial charge in [-0.3, -0.25) is 0 Å². The molecule has 108 valence electrons. The van der Waals surface area contributed by atoms with Gasteiger partial charge < -0.3 is 10.4 Å². The summed E-state index contributed by atoms with van der Waals surface area (Å²) in [7, 11) is 0. The summed E-state index contributed by atoms with van der Waals surface area (Å²) in [5, 5.41) is 13.5. The van der Waals surface area contributed by atoms with Crippen molar-refractivity contribution in [3.05, 3.63) is 42.2 Å². The SMILES string of the molecule is CC(C)NC(CO)(CSc1ncns1)c1ccccc1. The van der Waals surface area contributed by atoms with Gasteiger partial charge >= 0.3 is 0 Å². The Morgan fingerprint density at radius 3 is 2.65 bits per heavy atom. The number of hydrogen-bond acceptors (Lipinski definition) is 6. The van der Waals surface area contributed by atoms with Crippen molar-refractivity contribution in [3.63, 3.8) is 0 Å². The predicted octanol–water partition coefficient (Wildman–Crippen LogP) is 2.52. The molecule has 0 radical (unpaired) electrons. The summed E-state index contributed by atoms with van der Waals surface area (Å²) in [6.07, 6.45) is 1.56. The van der Waals surface area contributed by atoms with Gasteiger partial charge in [0.05, 0.1) is 12.1 Å². The largest absolute Gasteiger partial charge is 0.394 e. The van der Waals surface area contributed by atoms with Crippen molar-refractivity contribution in [1.82, 2.24) is 14.7 Å². The number of benzene rings is 1. The van der Waals surface area contributed by atoms with Crippen molar-refractivity contribution < 1.29 is 5.11 Å². The fraction of sp³-hybridized carbons (Fsp3) is 0.429. The Morgan fingerprint density at radius 1 is 1.35 bits per heavy atom. The Kier molecular flexibility index (Phi) is 5.54. The van der Waals surface area contributed by atoms with Crippen LogP contribution in [0.2, 0.25) is 0 Å². The zero-order valence-corrected chi connectivity index (χ0v) is 13.2. The molecule has 0 aliphatic rings. The third-order valence-corrected chi connectivity index (χ3v) is 4.97. The topological polar surface area (TPSA) is 58.0 Å². The molecule has 0 spiro atoms. The first kappa shape index (κ1) is 15.4. The first-order valence-electron chi connectivity index (χ1n) is 6.50. The summed E-state index contributed by atoms with van der Waals surface area (Å²) in [4.78, 5) is 4.19. The van der Waals surface area contributed by atoms with Gasteiger partial charge in [0, 0.05) is 11.8 Å². The van der Waals surface area contributed by atoms with E-state index in [1.165, 1.54) is 11.5 Å². The highest BCUT2D eigenvalue weighted by atomic mass is 32.2. The van der Waals surface area contributed by atoms with Gasteiger partial charge in [-0.1, -0.05) is 42.1 Å². The molecule has 1 aromatic carbocycles. The molecule has 6 heteroatoms. The highest BCUT2D eigenvalue weighted by molar-refractivity contribution is 8.01. The molecular weight excluding hydrogens is 290 g/mol. The van der Waals surface area contributed by atoms with E-state index in [2.05, 4.69) is 28.5 Å². The van der Waals surface area contributed by atoms with E-state index in [4.69, 9.17) is 0 Å². The van der Waals surface area contributed by atoms with Gasteiger partial charge in [-0.25, -0.2) is 4.98 Å². The molecule has 2 aromatic rings. The van der Waals surface area contributed by atoms with E-state index in [0.29, 0.717) is 5.75 Å². The van der Waals surface area contributed by atoms with Crippen LogP contribution in [0.25, 0.3) is 0 Å². The molecule has 4 nitrogen and oxygen atoms in total. The first-order valence-corrected chi connectivity index (χ1v) is 8.26. The third kappa shape index (κ3) is 3.79. The van der Waals surface area contributed by atoms with Crippen molar-refractivity contribution in [2.45, 2.75) is 29.8 Å². The molecule has 2 N–H and O–H groups in total. The third-order valence-electron chi connectivity index (χ3n) is 2.94. The summed E-state index contributed by atoms with van der Waals surface area (Å²) < 4.78 is 4.93. The number of nitrogens with one attached hydrogen (secondary N) is 1. The van der Waals surface area contributed by atoms with Crippen LogP contribution in [0.4, 0.5) is 0 Å². The Hall–Kier alpha value is -0.950. The average Bonchev–Trinajstić information content (AvgIpc) is 2.97. The van der Waals surface area contributed by atoms with Gasteiger partial charge in [0.15, 0.2) is 4.34 Å². The fourth-order valence-electron chi connectivity index (χ4n) is 2.11. The zero-order chi connectivity index (χ0) is 14.4. The first-order chi connectivity index (χ1) is 9.66. The van der Waals surface area contributed by atoms with Crippen molar-refractivity contribution >= 4 is 23.3 Å². The number of rotatable bonds is 7. The standard InChI is InChI=1S/C14H19N3OS2/c1-11(2)17-14(8-18,12-6-4-3-5-7-12)9-19-13-15-10-16-20-13/h3-7,10-11,17-18H,8-9H2,1-2H3. The number of aromatic nitrogens is 2. The summed E-state index contributed by atoms with van der Waals surface area (Å²) in [6.45, 7) is 4.22. The maximum Gasteiger partial charge on any atom is 0.169 e. The van der Waals surface area contributed by atoms with Gasteiger partial charge in [0.1, 0.15) is 6.33 Å². The molecular formula is C14H19N3OS2. The van der Waals surface area contributed by atoms with Gasteiger partial charge in [-0.15, -0.1) is 0 Å². The molecule has 0 bridgehead atoms. The van der Waals surface area contributed by atoms with Crippen molar-refractivity contribution in [3.8, 4) is 0 Å². The molecule has 0 amide bonds. The lowest BCUT2D eigenvalue weighted by Crippen LogP contribution is -2.50. The summed E-state index contributed by atoms with van der Waals surface area (Å²) in [6, 6.07) is 10.4. The minimum absolute atomic E-state index is 0.0427.